The summed E-state index contributed by atoms with van der Waals surface area (Å²) < 4.78 is 0. The lowest BCUT2D eigenvalue weighted by Crippen LogP contribution is -2.32. The largest absolute Gasteiger partial charge is 0.341 e. The van der Waals surface area contributed by atoms with E-state index in [1.54, 1.807) is 0 Å². The zero-order chi connectivity index (χ0) is 17.2. The average Bonchev–Trinajstić information content (AvgIpc) is 3.39. The summed E-state index contributed by atoms with van der Waals surface area (Å²) in [5.41, 5.74) is 1.66. The number of benzene rings is 1. The molecule has 0 bridgehead atoms. The molecule has 1 saturated carbocycles. The fourth-order valence-electron chi connectivity index (χ4n) is 3.42. The van der Waals surface area contributed by atoms with Gasteiger partial charge >= 0.3 is 0 Å². The van der Waals surface area contributed by atoms with Crippen molar-refractivity contribution in [2.45, 2.75) is 38.0 Å². The lowest BCUT2D eigenvalue weighted by molar-refractivity contribution is 0.0769. The topological polar surface area (TPSA) is 61.9 Å². The quantitative estimate of drug-likeness (QED) is 0.845. The predicted molar refractivity (Wildman–Crippen MR) is 97.2 cm³/mol. The highest BCUT2D eigenvalue weighted by Gasteiger charge is 2.27. The van der Waals surface area contributed by atoms with Crippen molar-refractivity contribution in [2.75, 3.05) is 13.6 Å². The van der Waals surface area contributed by atoms with Crippen LogP contribution in [0.5, 0.6) is 0 Å². The maximum atomic E-state index is 12.6. The molecule has 25 heavy (non-hydrogen) atoms. The summed E-state index contributed by atoms with van der Waals surface area (Å²) in [6.07, 6.45) is 10.2. The molecule has 1 atom stereocenters. The lowest BCUT2D eigenvalue weighted by Gasteiger charge is -2.25. The van der Waals surface area contributed by atoms with Gasteiger partial charge in [-0.2, -0.15) is 5.10 Å². The van der Waals surface area contributed by atoms with E-state index in [9.17, 15) is 4.79 Å². The Labute approximate surface area is 148 Å². The van der Waals surface area contributed by atoms with Crippen LogP contribution in [0, 0.1) is 5.92 Å². The maximum absolute atomic E-state index is 12.6. The van der Waals surface area contributed by atoms with E-state index in [4.69, 9.17) is 0 Å². The molecule has 4 rings (SSSR count). The van der Waals surface area contributed by atoms with Gasteiger partial charge in [-0.25, -0.2) is 4.98 Å². The third-order valence-electron chi connectivity index (χ3n) is 5.11. The van der Waals surface area contributed by atoms with E-state index in [1.165, 1.54) is 19.3 Å². The van der Waals surface area contributed by atoms with Crippen molar-refractivity contribution in [2.24, 2.45) is 5.92 Å². The number of allylic oxidation sites excluding steroid dienone is 2. The fourth-order valence-corrected chi connectivity index (χ4v) is 3.42. The first-order valence-corrected chi connectivity index (χ1v) is 9.14. The molecule has 130 valence electrons. The molecule has 1 N–H and O–H groups in total. The molecule has 1 fully saturated rings. The molecule has 2 aliphatic carbocycles. The molecule has 5 heteroatoms. The third-order valence-corrected chi connectivity index (χ3v) is 5.11. The first-order valence-electron chi connectivity index (χ1n) is 9.14. The van der Waals surface area contributed by atoms with Crippen LogP contribution in [0.4, 0.5) is 0 Å². The van der Waals surface area contributed by atoms with E-state index in [0.717, 1.165) is 36.3 Å². The number of nitrogens with one attached hydrogen (secondary N) is 1. The number of hydrogen-bond acceptors (Lipinski definition) is 3. The van der Waals surface area contributed by atoms with E-state index < -0.39 is 0 Å². The summed E-state index contributed by atoms with van der Waals surface area (Å²) in [4.78, 5) is 19.0. The van der Waals surface area contributed by atoms with Gasteiger partial charge in [0, 0.05) is 30.6 Å². The zero-order valence-corrected chi connectivity index (χ0v) is 14.6. The molecule has 0 spiro atoms. The van der Waals surface area contributed by atoms with Crippen molar-refractivity contribution in [3.63, 3.8) is 0 Å². The molecule has 1 unspecified atom stereocenters. The molecule has 5 nitrogen and oxygen atoms in total. The van der Waals surface area contributed by atoms with Crippen LogP contribution in [0.3, 0.4) is 0 Å². The Balaban J connectivity index is 1.41. The summed E-state index contributed by atoms with van der Waals surface area (Å²) >= 11 is 0. The van der Waals surface area contributed by atoms with Gasteiger partial charge in [-0.3, -0.25) is 9.89 Å². The lowest BCUT2D eigenvalue weighted by atomic mass is 9.94. The van der Waals surface area contributed by atoms with E-state index in [1.807, 2.05) is 36.2 Å². The van der Waals surface area contributed by atoms with Crippen molar-refractivity contribution >= 4 is 5.91 Å². The highest BCUT2D eigenvalue weighted by Crippen LogP contribution is 2.38. The van der Waals surface area contributed by atoms with Gasteiger partial charge in [0.05, 0.1) is 0 Å². The number of aromatic amines is 1. The van der Waals surface area contributed by atoms with Crippen LogP contribution in [0.1, 0.15) is 54.2 Å². The Morgan fingerprint density at radius 3 is 2.68 bits per heavy atom. The van der Waals surface area contributed by atoms with Crippen molar-refractivity contribution in [3.05, 3.63) is 47.8 Å². The minimum Gasteiger partial charge on any atom is -0.341 e. The Bertz CT molecular complexity index is 773. The van der Waals surface area contributed by atoms with Crippen LogP contribution in [-0.4, -0.2) is 39.6 Å². The first-order chi connectivity index (χ1) is 12.2. The van der Waals surface area contributed by atoms with Gasteiger partial charge in [0.2, 0.25) is 0 Å². The Hall–Kier alpha value is -2.43. The number of hydrogen-bond donors (Lipinski definition) is 1. The van der Waals surface area contributed by atoms with Gasteiger partial charge in [-0.15, -0.1) is 0 Å². The van der Waals surface area contributed by atoms with Gasteiger partial charge in [-0.05, 0) is 50.2 Å². The molecule has 1 aromatic carbocycles. The molecule has 2 aromatic rings. The minimum absolute atomic E-state index is 0.0785. The third kappa shape index (κ3) is 3.65. The standard InChI is InChI=1S/C20H24N4O/c1-24(13-14-5-3-2-4-6-14)20(25)17-11-9-16(10-12-17)19-21-18(22-23-19)15-7-8-15/h2-3,9-12,14-15H,4-8,13H2,1H3,(H,21,22,23). The highest BCUT2D eigenvalue weighted by atomic mass is 16.2. The van der Waals surface area contributed by atoms with Crippen LogP contribution < -0.4 is 0 Å². The molecule has 0 aliphatic heterocycles. The van der Waals surface area contributed by atoms with Crippen molar-refractivity contribution < 1.29 is 4.79 Å². The molecular formula is C20H24N4O. The summed E-state index contributed by atoms with van der Waals surface area (Å²) in [7, 11) is 1.89. The van der Waals surface area contributed by atoms with Gasteiger partial charge in [0.25, 0.3) is 5.91 Å². The second kappa shape index (κ2) is 6.82. The van der Waals surface area contributed by atoms with Crippen molar-refractivity contribution in [3.8, 4) is 11.4 Å². The molecule has 0 saturated heterocycles. The molecule has 1 aromatic heterocycles. The van der Waals surface area contributed by atoms with Gasteiger partial charge in [0.1, 0.15) is 5.82 Å². The Morgan fingerprint density at radius 2 is 2.00 bits per heavy atom. The smallest absolute Gasteiger partial charge is 0.253 e. The summed E-state index contributed by atoms with van der Waals surface area (Å²) in [5, 5.41) is 7.32. The fraction of sp³-hybridized carbons (Fsp3) is 0.450. The van der Waals surface area contributed by atoms with Crippen LogP contribution >= 0.6 is 0 Å². The Kier molecular flexibility index (Phi) is 4.38. The Morgan fingerprint density at radius 1 is 1.20 bits per heavy atom. The predicted octanol–water partition coefficient (Wildman–Crippen LogP) is 3.78. The van der Waals surface area contributed by atoms with E-state index >= 15 is 0 Å². The van der Waals surface area contributed by atoms with E-state index in [0.29, 0.717) is 17.7 Å². The highest BCUT2D eigenvalue weighted by molar-refractivity contribution is 5.94. The normalized spacial score (nSPS) is 19.8. The summed E-state index contributed by atoms with van der Waals surface area (Å²) in [6, 6.07) is 7.62. The molecule has 1 amide bonds. The summed E-state index contributed by atoms with van der Waals surface area (Å²) in [5.74, 6) is 2.91. The van der Waals surface area contributed by atoms with Gasteiger partial charge in [0.15, 0.2) is 5.82 Å². The molecule has 0 radical (unpaired) electrons. The number of rotatable bonds is 5. The zero-order valence-electron chi connectivity index (χ0n) is 14.6. The average molecular weight is 336 g/mol. The van der Waals surface area contributed by atoms with Crippen LogP contribution in [-0.2, 0) is 0 Å². The number of H-pyrrole nitrogens is 1. The van der Waals surface area contributed by atoms with Crippen molar-refractivity contribution in [1.29, 1.82) is 0 Å². The first kappa shape index (κ1) is 16.1. The maximum Gasteiger partial charge on any atom is 0.253 e. The van der Waals surface area contributed by atoms with Crippen LogP contribution in [0.2, 0.25) is 0 Å². The number of nitrogens with zero attached hydrogens (tertiary/aromatic N) is 3. The number of carbonyl (C=O) groups is 1. The minimum atomic E-state index is 0.0785. The monoisotopic (exact) mass is 336 g/mol. The van der Waals surface area contributed by atoms with Crippen molar-refractivity contribution in [1.82, 2.24) is 20.1 Å². The number of aromatic nitrogens is 3. The second-order valence-electron chi connectivity index (χ2n) is 7.23. The SMILES string of the molecule is CN(CC1CC=CCC1)C(=O)c1ccc(-c2n[nH]c(C3CC3)n2)cc1. The van der Waals surface area contributed by atoms with Crippen LogP contribution in [0.15, 0.2) is 36.4 Å². The van der Waals surface area contributed by atoms with Gasteiger partial charge < -0.3 is 4.90 Å². The number of amides is 1. The van der Waals surface area contributed by atoms with E-state index in [-0.39, 0.29) is 5.91 Å². The molecular weight excluding hydrogens is 312 g/mol. The molecule has 2 aliphatic rings. The van der Waals surface area contributed by atoms with E-state index in [2.05, 4.69) is 27.3 Å². The second-order valence-corrected chi connectivity index (χ2v) is 7.23. The number of carbonyl (C=O) groups excluding carboxylic acids is 1. The van der Waals surface area contributed by atoms with Gasteiger partial charge in [-0.1, -0.05) is 24.3 Å². The summed E-state index contributed by atoms with van der Waals surface area (Å²) in [6.45, 7) is 0.816. The van der Waals surface area contributed by atoms with Crippen LogP contribution in [0.25, 0.3) is 11.4 Å². The molecule has 1 heterocycles.